The molecule has 1 fully saturated rings. The molecule has 116 valence electrons. The van der Waals surface area contributed by atoms with Gasteiger partial charge in [-0.15, -0.1) is 5.46 Å². The molecule has 2 aromatic carbocycles. The quantitative estimate of drug-likeness (QED) is 0.866. The van der Waals surface area contributed by atoms with Crippen LogP contribution in [-0.2, 0) is 9.31 Å². The zero-order valence-electron chi connectivity index (χ0n) is 13.5. The summed E-state index contributed by atoms with van der Waals surface area (Å²) in [4.78, 5) is 0. The summed E-state index contributed by atoms with van der Waals surface area (Å²) >= 11 is 0. The van der Waals surface area contributed by atoms with Gasteiger partial charge in [-0.2, -0.15) is 0 Å². The normalized spacial score (nSPS) is 21.7. The van der Waals surface area contributed by atoms with Crippen LogP contribution in [0, 0.1) is 0 Å². The summed E-state index contributed by atoms with van der Waals surface area (Å²) in [7, 11) is 0. The summed E-state index contributed by atoms with van der Waals surface area (Å²) in [5.41, 5.74) is 1.79. The van der Waals surface area contributed by atoms with Crippen molar-refractivity contribution >= 4 is 12.2 Å². The third-order valence-corrected chi connectivity index (χ3v) is 4.80. The third kappa shape index (κ3) is 2.47. The Labute approximate surface area is 131 Å². The molecule has 0 spiro atoms. The average Bonchev–Trinajstić information content (AvgIpc) is 2.64. The fourth-order valence-corrected chi connectivity index (χ4v) is 2.79. The molecule has 1 heterocycles. The predicted octanol–water partition coefficient (Wildman–Crippen LogP) is 3.10. The Hall–Kier alpha value is -1.62. The van der Waals surface area contributed by atoms with E-state index in [0.29, 0.717) is 5.46 Å². The Morgan fingerprint density at radius 1 is 0.727 bits per heavy atom. The van der Waals surface area contributed by atoms with E-state index in [2.05, 4.69) is 12.1 Å². The molecule has 0 amide bonds. The van der Waals surface area contributed by atoms with Crippen LogP contribution in [0.5, 0.6) is 0 Å². The molecule has 4 heteroatoms. The first-order valence-corrected chi connectivity index (χ1v) is 7.66. The molecular formula is C18H22BO3-. The van der Waals surface area contributed by atoms with E-state index in [1.165, 1.54) is 0 Å². The molecule has 0 saturated carbocycles. The molecule has 0 aliphatic carbocycles. The molecule has 2 aromatic rings. The predicted molar refractivity (Wildman–Crippen MR) is 89.8 cm³/mol. The van der Waals surface area contributed by atoms with E-state index in [9.17, 15) is 5.02 Å². The van der Waals surface area contributed by atoms with Gasteiger partial charge >= 0.3 is 6.75 Å². The van der Waals surface area contributed by atoms with Gasteiger partial charge < -0.3 is 14.3 Å². The van der Waals surface area contributed by atoms with Gasteiger partial charge in [0.1, 0.15) is 0 Å². The molecule has 0 radical (unpaired) electrons. The molecule has 1 aliphatic heterocycles. The summed E-state index contributed by atoms with van der Waals surface area (Å²) in [5, 5.41) is 10.8. The van der Waals surface area contributed by atoms with Crippen molar-refractivity contribution in [3.63, 3.8) is 0 Å². The lowest BCUT2D eigenvalue weighted by Crippen LogP contribution is -2.51. The average molecular weight is 297 g/mol. The van der Waals surface area contributed by atoms with Crippen LogP contribution < -0.4 is 5.46 Å². The summed E-state index contributed by atoms with van der Waals surface area (Å²) in [6, 6.07) is 17.8. The molecule has 0 atom stereocenters. The van der Waals surface area contributed by atoms with Crippen molar-refractivity contribution in [3.8, 4) is 11.1 Å². The second kappa shape index (κ2) is 4.95. The highest BCUT2D eigenvalue weighted by Crippen LogP contribution is 2.40. The molecule has 3 nitrogen and oxygen atoms in total. The largest absolute Gasteiger partial charge is 0.555 e. The second-order valence-corrected chi connectivity index (χ2v) is 6.92. The molecule has 1 N–H and O–H groups in total. The van der Waals surface area contributed by atoms with Crippen LogP contribution in [0.3, 0.4) is 0 Å². The standard InChI is InChI=1S/C18H22BO3/c1-17(2)18(3,4)22-19(20,21-17)16-12-10-15(11-13-16)14-8-6-5-7-9-14/h5-13,20H,1-4H3/q-1. The highest BCUT2D eigenvalue weighted by atomic mass is 16.8. The minimum Gasteiger partial charge on any atom is -0.555 e. The van der Waals surface area contributed by atoms with E-state index >= 15 is 0 Å². The van der Waals surface area contributed by atoms with Gasteiger partial charge in [-0.25, -0.2) is 0 Å². The second-order valence-electron chi connectivity index (χ2n) is 6.92. The summed E-state index contributed by atoms with van der Waals surface area (Å²) < 4.78 is 11.8. The lowest BCUT2D eigenvalue weighted by atomic mass is 9.69. The maximum atomic E-state index is 10.8. The van der Waals surface area contributed by atoms with Gasteiger partial charge in [-0.1, -0.05) is 54.6 Å². The fourth-order valence-electron chi connectivity index (χ4n) is 2.79. The number of hydrogen-bond donors (Lipinski definition) is 1. The van der Waals surface area contributed by atoms with E-state index in [1.807, 2.05) is 70.2 Å². The Bertz CT molecular complexity index is 646. The molecule has 0 unspecified atom stereocenters. The van der Waals surface area contributed by atoms with Gasteiger partial charge in [0, 0.05) is 11.2 Å². The van der Waals surface area contributed by atoms with Crippen LogP contribution in [0.25, 0.3) is 11.1 Å². The van der Waals surface area contributed by atoms with Crippen molar-refractivity contribution < 1.29 is 14.3 Å². The van der Waals surface area contributed by atoms with Crippen molar-refractivity contribution in [1.29, 1.82) is 0 Å². The van der Waals surface area contributed by atoms with Gasteiger partial charge in [-0.05, 0) is 38.8 Å². The van der Waals surface area contributed by atoms with Crippen LogP contribution in [0.2, 0.25) is 0 Å². The first kappa shape index (κ1) is 15.3. The first-order valence-electron chi connectivity index (χ1n) is 7.66. The fraction of sp³-hybridized carbons (Fsp3) is 0.333. The number of rotatable bonds is 2. The minimum atomic E-state index is -2.45. The zero-order valence-corrected chi connectivity index (χ0v) is 13.5. The maximum absolute atomic E-state index is 10.8. The Morgan fingerprint density at radius 3 is 1.68 bits per heavy atom. The summed E-state index contributed by atoms with van der Waals surface area (Å²) in [6.07, 6.45) is 0. The molecule has 0 bridgehead atoms. The Morgan fingerprint density at radius 2 is 1.18 bits per heavy atom. The van der Waals surface area contributed by atoms with Crippen molar-refractivity contribution in [3.05, 3.63) is 54.6 Å². The van der Waals surface area contributed by atoms with Crippen LogP contribution in [-0.4, -0.2) is 23.0 Å². The van der Waals surface area contributed by atoms with Gasteiger partial charge in [0.2, 0.25) is 0 Å². The molecule has 1 aliphatic rings. The van der Waals surface area contributed by atoms with E-state index in [-0.39, 0.29) is 0 Å². The minimum absolute atomic E-state index is 0.556. The highest BCUT2D eigenvalue weighted by Gasteiger charge is 2.51. The highest BCUT2D eigenvalue weighted by molar-refractivity contribution is 6.74. The van der Waals surface area contributed by atoms with E-state index in [0.717, 1.165) is 11.1 Å². The smallest absolute Gasteiger partial charge is 0.408 e. The van der Waals surface area contributed by atoms with Gasteiger partial charge in [0.05, 0.1) is 0 Å². The van der Waals surface area contributed by atoms with E-state index in [1.54, 1.807) is 0 Å². The summed E-state index contributed by atoms with van der Waals surface area (Å²) in [6.45, 7) is 5.29. The van der Waals surface area contributed by atoms with Crippen LogP contribution >= 0.6 is 0 Å². The van der Waals surface area contributed by atoms with Gasteiger partial charge in [0.25, 0.3) is 0 Å². The van der Waals surface area contributed by atoms with Crippen molar-refractivity contribution in [2.75, 3.05) is 0 Å². The Balaban J connectivity index is 1.91. The number of benzene rings is 2. The maximum Gasteiger partial charge on any atom is 0.408 e. The molecule has 1 saturated heterocycles. The van der Waals surface area contributed by atoms with Crippen molar-refractivity contribution in [2.45, 2.75) is 38.9 Å². The summed E-state index contributed by atoms with van der Waals surface area (Å²) in [5.74, 6) is 0. The van der Waals surface area contributed by atoms with E-state index in [4.69, 9.17) is 9.31 Å². The first-order chi connectivity index (χ1) is 10.2. The van der Waals surface area contributed by atoms with Crippen LogP contribution in [0.15, 0.2) is 54.6 Å². The van der Waals surface area contributed by atoms with Crippen LogP contribution in [0.1, 0.15) is 27.7 Å². The third-order valence-electron chi connectivity index (χ3n) is 4.80. The molecule has 22 heavy (non-hydrogen) atoms. The lowest BCUT2D eigenvalue weighted by molar-refractivity contribution is 0.00578. The van der Waals surface area contributed by atoms with Crippen LogP contribution in [0.4, 0.5) is 0 Å². The van der Waals surface area contributed by atoms with Crippen molar-refractivity contribution in [1.82, 2.24) is 0 Å². The topological polar surface area (TPSA) is 38.7 Å². The SMILES string of the molecule is CC1(C)O[B-](O)(c2ccc(-c3ccccc3)cc2)OC1(C)C. The monoisotopic (exact) mass is 297 g/mol. The molecule has 3 rings (SSSR count). The number of hydrogen-bond acceptors (Lipinski definition) is 3. The lowest BCUT2D eigenvalue weighted by Gasteiger charge is -2.36. The van der Waals surface area contributed by atoms with Gasteiger partial charge in [-0.3, -0.25) is 0 Å². The molecular weight excluding hydrogens is 275 g/mol. The molecule has 0 aromatic heterocycles. The Kier molecular flexibility index (Phi) is 3.44. The zero-order chi connectivity index (χ0) is 16.0. The van der Waals surface area contributed by atoms with Crippen molar-refractivity contribution in [2.24, 2.45) is 0 Å². The van der Waals surface area contributed by atoms with E-state index < -0.39 is 18.0 Å². The van der Waals surface area contributed by atoms with Gasteiger partial charge in [0.15, 0.2) is 0 Å².